The van der Waals surface area contributed by atoms with Gasteiger partial charge in [0.05, 0.1) is 5.39 Å². The highest BCUT2D eigenvalue weighted by Crippen LogP contribution is 2.26. The molecule has 1 aliphatic rings. The van der Waals surface area contributed by atoms with Crippen molar-refractivity contribution >= 4 is 22.8 Å². The number of nitrogens with zero attached hydrogens (tertiary/aromatic N) is 3. The topological polar surface area (TPSA) is 73.9 Å². The fraction of sp³-hybridized carbons (Fsp3) is 0.562. The van der Waals surface area contributed by atoms with Gasteiger partial charge in [0.1, 0.15) is 17.8 Å². The number of rotatable bonds is 5. The Morgan fingerprint density at radius 3 is 3.27 bits per heavy atom. The SMILES string of the molecule is CCCC(=O)NCC1CCCN(c2ncnc3[nH]ccc23)C1. The van der Waals surface area contributed by atoms with Crippen molar-refractivity contribution in [3.8, 4) is 0 Å². The number of aromatic nitrogens is 3. The zero-order valence-electron chi connectivity index (χ0n) is 13.0. The summed E-state index contributed by atoms with van der Waals surface area (Å²) in [7, 11) is 0. The molecule has 1 saturated heterocycles. The van der Waals surface area contributed by atoms with Crippen molar-refractivity contribution in [2.24, 2.45) is 5.92 Å². The summed E-state index contributed by atoms with van der Waals surface area (Å²) in [5.41, 5.74) is 0.878. The van der Waals surface area contributed by atoms with Gasteiger partial charge in [-0.2, -0.15) is 0 Å². The fourth-order valence-electron chi connectivity index (χ4n) is 3.11. The molecule has 6 nitrogen and oxygen atoms in total. The minimum atomic E-state index is 0.162. The number of aromatic amines is 1. The van der Waals surface area contributed by atoms with Crippen LogP contribution in [-0.4, -0.2) is 40.5 Å². The molecule has 0 spiro atoms. The molecule has 1 aliphatic heterocycles. The number of nitrogens with one attached hydrogen (secondary N) is 2. The Labute approximate surface area is 130 Å². The molecule has 1 fully saturated rings. The van der Waals surface area contributed by atoms with E-state index in [0.29, 0.717) is 12.3 Å². The molecule has 118 valence electrons. The average molecular weight is 301 g/mol. The van der Waals surface area contributed by atoms with Gasteiger partial charge in [0.15, 0.2) is 0 Å². The normalized spacial score (nSPS) is 18.6. The highest BCUT2D eigenvalue weighted by atomic mass is 16.1. The van der Waals surface area contributed by atoms with Gasteiger partial charge in [0, 0.05) is 32.3 Å². The van der Waals surface area contributed by atoms with E-state index in [9.17, 15) is 4.79 Å². The van der Waals surface area contributed by atoms with Gasteiger partial charge in [-0.1, -0.05) is 6.92 Å². The maximum Gasteiger partial charge on any atom is 0.219 e. The molecule has 3 heterocycles. The lowest BCUT2D eigenvalue weighted by Gasteiger charge is -2.33. The van der Waals surface area contributed by atoms with Crippen LogP contribution in [0.25, 0.3) is 11.0 Å². The molecule has 2 N–H and O–H groups in total. The lowest BCUT2D eigenvalue weighted by atomic mass is 9.97. The first kappa shape index (κ1) is 14.8. The largest absolute Gasteiger partial charge is 0.356 e. The Bertz CT molecular complexity index is 638. The first-order valence-electron chi connectivity index (χ1n) is 8.07. The van der Waals surface area contributed by atoms with Gasteiger partial charge in [0.25, 0.3) is 0 Å². The standard InChI is InChI=1S/C16H23N5O/c1-2-4-14(22)18-9-12-5-3-8-21(10-12)16-13-6-7-17-15(13)19-11-20-16/h6-7,11-12H,2-5,8-10H2,1H3,(H,18,22)(H,17,19,20). The molecule has 1 atom stereocenters. The molecule has 0 bridgehead atoms. The molecule has 2 aromatic rings. The lowest BCUT2D eigenvalue weighted by molar-refractivity contribution is -0.121. The number of piperidine rings is 1. The number of hydrogen-bond acceptors (Lipinski definition) is 4. The zero-order valence-corrected chi connectivity index (χ0v) is 13.0. The van der Waals surface area contributed by atoms with E-state index in [1.165, 1.54) is 0 Å². The molecule has 0 aromatic carbocycles. The minimum Gasteiger partial charge on any atom is -0.356 e. The van der Waals surface area contributed by atoms with Crippen LogP contribution in [0.15, 0.2) is 18.6 Å². The van der Waals surface area contributed by atoms with E-state index in [1.54, 1.807) is 6.33 Å². The molecule has 6 heteroatoms. The molecule has 3 rings (SSSR count). The molecule has 1 unspecified atom stereocenters. The third-order valence-electron chi connectivity index (χ3n) is 4.22. The Morgan fingerprint density at radius 2 is 2.41 bits per heavy atom. The van der Waals surface area contributed by atoms with Crippen LogP contribution in [0.3, 0.4) is 0 Å². The van der Waals surface area contributed by atoms with E-state index >= 15 is 0 Å². The van der Waals surface area contributed by atoms with Crippen molar-refractivity contribution in [2.45, 2.75) is 32.6 Å². The molecule has 1 amide bonds. The quantitative estimate of drug-likeness (QED) is 0.887. The van der Waals surface area contributed by atoms with Gasteiger partial charge < -0.3 is 15.2 Å². The predicted molar refractivity (Wildman–Crippen MR) is 86.7 cm³/mol. The zero-order chi connectivity index (χ0) is 15.4. The van der Waals surface area contributed by atoms with E-state index in [2.05, 4.69) is 25.2 Å². The van der Waals surface area contributed by atoms with E-state index in [0.717, 1.165) is 55.7 Å². The van der Waals surface area contributed by atoms with Crippen LogP contribution in [0.4, 0.5) is 5.82 Å². The maximum absolute atomic E-state index is 11.6. The maximum atomic E-state index is 11.6. The van der Waals surface area contributed by atoms with Crippen molar-refractivity contribution in [3.05, 3.63) is 18.6 Å². The number of hydrogen-bond donors (Lipinski definition) is 2. The van der Waals surface area contributed by atoms with Gasteiger partial charge in [-0.3, -0.25) is 4.79 Å². The summed E-state index contributed by atoms with van der Waals surface area (Å²) in [5.74, 6) is 1.64. The third kappa shape index (κ3) is 3.21. The molecule has 0 aliphatic carbocycles. The van der Waals surface area contributed by atoms with Gasteiger partial charge in [-0.05, 0) is 31.2 Å². The van der Waals surface area contributed by atoms with Gasteiger partial charge in [-0.25, -0.2) is 9.97 Å². The molecule has 0 saturated carbocycles. The van der Waals surface area contributed by atoms with E-state index in [-0.39, 0.29) is 5.91 Å². The number of carbonyl (C=O) groups excluding carboxylic acids is 1. The summed E-state index contributed by atoms with van der Waals surface area (Å²) in [6.07, 6.45) is 7.31. The summed E-state index contributed by atoms with van der Waals surface area (Å²) in [6.45, 7) is 4.73. The predicted octanol–water partition coefficient (Wildman–Crippen LogP) is 2.09. The Balaban J connectivity index is 1.65. The highest BCUT2D eigenvalue weighted by molar-refractivity contribution is 5.87. The van der Waals surface area contributed by atoms with Crippen molar-refractivity contribution in [3.63, 3.8) is 0 Å². The van der Waals surface area contributed by atoms with Crippen LogP contribution in [0.2, 0.25) is 0 Å². The molecule has 22 heavy (non-hydrogen) atoms. The summed E-state index contributed by atoms with van der Waals surface area (Å²) < 4.78 is 0. The number of fused-ring (bicyclic) bond motifs is 1. The second-order valence-corrected chi connectivity index (χ2v) is 5.95. The van der Waals surface area contributed by atoms with E-state index in [1.807, 2.05) is 19.2 Å². The summed E-state index contributed by atoms with van der Waals surface area (Å²) in [4.78, 5) is 25.8. The first-order chi connectivity index (χ1) is 10.8. The molecular formula is C16H23N5O. The summed E-state index contributed by atoms with van der Waals surface area (Å²) >= 11 is 0. The summed E-state index contributed by atoms with van der Waals surface area (Å²) in [6, 6.07) is 2.03. The second kappa shape index (κ2) is 6.77. The highest BCUT2D eigenvalue weighted by Gasteiger charge is 2.22. The van der Waals surface area contributed by atoms with Crippen LogP contribution in [0, 0.1) is 5.92 Å². The molecule has 0 radical (unpaired) electrons. The van der Waals surface area contributed by atoms with Crippen molar-refractivity contribution in [2.75, 3.05) is 24.5 Å². The second-order valence-electron chi connectivity index (χ2n) is 5.95. The van der Waals surface area contributed by atoms with E-state index < -0.39 is 0 Å². The van der Waals surface area contributed by atoms with Crippen LogP contribution in [0.5, 0.6) is 0 Å². The average Bonchev–Trinajstić information content (AvgIpc) is 3.02. The number of anilines is 1. The number of H-pyrrole nitrogens is 1. The van der Waals surface area contributed by atoms with Gasteiger partial charge in [-0.15, -0.1) is 0 Å². The summed E-state index contributed by atoms with van der Waals surface area (Å²) in [5, 5.41) is 4.12. The smallest absolute Gasteiger partial charge is 0.219 e. The first-order valence-corrected chi connectivity index (χ1v) is 8.07. The van der Waals surface area contributed by atoms with Crippen molar-refractivity contribution in [1.82, 2.24) is 20.3 Å². The van der Waals surface area contributed by atoms with Gasteiger partial charge in [0.2, 0.25) is 5.91 Å². The number of amides is 1. The lowest BCUT2D eigenvalue weighted by Crippen LogP contribution is -2.41. The third-order valence-corrected chi connectivity index (χ3v) is 4.22. The Morgan fingerprint density at radius 1 is 1.50 bits per heavy atom. The Kier molecular flexibility index (Phi) is 4.56. The monoisotopic (exact) mass is 301 g/mol. The van der Waals surface area contributed by atoms with Crippen molar-refractivity contribution in [1.29, 1.82) is 0 Å². The number of carbonyl (C=O) groups is 1. The minimum absolute atomic E-state index is 0.162. The molecular weight excluding hydrogens is 278 g/mol. The van der Waals surface area contributed by atoms with Crippen LogP contribution in [-0.2, 0) is 4.79 Å². The van der Waals surface area contributed by atoms with Gasteiger partial charge >= 0.3 is 0 Å². The molecule has 2 aromatic heterocycles. The van der Waals surface area contributed by atoms with Crippen molar-refractivity contribution < 1.29 is 4.79 Å². The van der Waals surface area contributed by atoms with Crippen LogP contribution in [0.1, 0.15) is 32.6 Å². The van der Waals surface area contributed by atoms with Crippen LogP contribution < -0.4 is 10.2 Å². The van der Waals surface area contributed by atoms with Crippen LogP contribution >= 0.6 is 0 Å². The van der Waals surface area contributed by atoms with E-state index in [4.69, 9.17) is 0 Å². The Hall–Kier alpha value is -2.11. The fourth-order valence-corrected chi connectivity index (χ4v) is 3.11.